The Labute approximate surface area is 116 Å². The van der Waals surface area contributed by atoms with Gasteiger partial charge in [0.2, 0.25) is 0 Å². The van der Waals surface area contributed by atoms with Crippen molar-refractivity contribution in [3.05, 3.63) is 16.7 Å². The van der Waals surface area contributed by atoms with Gasteiger partial charge in [-0.15, -0.1) is 0 Å². The van der Waals surface area contributed by atoms with Gasteiger partial charge < -0.3 is 15.2 Å². The minimum Gasteiger partial charge on any atom is -0.504 e. The molecule has 0 aromatic carbocycles. The molecule has 1 unspecified atom stereocenters. The highest BCUT2D eigenvalue weighted by atomic mass is 79.9. The van der Waals surface area contributed by atoms with Crippen LogP contribution >= 0.6 is 15.9 Å². The molecule has 1 aliphatic heterocycles. The predicted molar refractivity (Wildman–Crippen MR) is 66.2 cm³/mol. The van der Waals surface area contributed by atoms with E-state index in [1.807, 2.05) is 0 Å². The van der Waals surface area contributed by atoms with E-state index in [2.05, 4.69) is 26.2 Å². The van der Waals surface area contributed by atoms with Crippen LogP contribution in [0.1, 0.15) is 12.8 Å². The number of rotatable bonds is 2. The minimum absolute atomic E-state index is 0.0332. The lowest BCUT2D eigenvalue weighted by atomic mass is 10.1. The maximum Gasteiger partial charge on any atom is 0.271 e. The molecule has 1 amide bonds. The van der Waals surface area contributed by atoms with Gasteiger partial charge in [0.1, 0.15) is 12.7 Å². The molecule has 19 heavy (non-hydrogen) atoms. The number of anilines is 1. The lowest BCUT2D eigenvalue weighted by Crippen LogP contribution is -2.41. The van der Waals surface area contributed by atoms with Crippen LogP contribution in [0.2, 0.25) is 0 Å². The Hall–Kier alpha value is -1.28. The molecule has 1 aromatic rings. The number of aromatic nitrogens is 1. The van der Waals surface area contributed by atoms with Crippen LogP contribution in [0.25, 0.3) is 0 Å². The zero-order valence-corrected chi connectivity index (χ0v) is 11.3. The monoisotopic (exact) mass is 336 g/mol. The molecule has 1 aromatic heterocycles. The van der Waals surface area contributed by atoms with Gasteiger partial charge in [0, 0.05) is 17.1 Å². The summed E-state index contributed by atoms with van der Waals surface area (Å²) in [6.45, 7) is -0.773. The van der Waals surface area contributed by atoms with Crippen LogP contribution in [0, 0.1) is 0 Å². The predicted octanol–water partition coefficient (Wildman–Crippen LogP) is 2.30. The van der Waals surface area contributed by atoms with E-state index in [1.54, 1.807) is 0 Å². The summed E-state index contributed by atoms with van der Waals surface area (Å²) in [5.41, 5.74) is 0. The number of carbonyl (C=O) groups excluding carboxylic acids is 1. The summed E-state index contributed by atoms with van der Waals surface area (Å²) < 4.78 is 31.1. The Kier molecular flexibility index (Phi) is 4.00. The topological polar surface area (TPSA) is 71.5 Å². The number of halogens is 3. The second-order valence-electron chi connectivity index (χ2n) is 4.20. The number of carbonyl (C=O) groups is 1. The molecule has 0 bridgehead atoms. The van der Waals surface area contributed by atoms with Crippen molar-refractivity contribution in [3.8, 4) is 5.75 Å². The summed E-state index contributed by atoms with van der Waals surface area (Å²) in [6, 6.07) is 1.36. The molecular formula is C11H11BrF2N2O3. The maximum absolute atomic E-state index is 12.9. The largest absolute Gasteiger partial charge is 0.504 e. The number of ether oxygens (including phenoxy) is 1. The molecule has 1 saturated heterocycles. The van der Waals surface area contributed by atoms with Crippen LogP contribution in [0.5, 0.6) is 5.75 Å². The van der Waals surface area contributed by atoms with E-state index in [0.29, 0.717) is 4.47 Å². The number of alkyl halides is 2. The van der Waals surface area contributed by atoms with E-state index >= 15 is 0 Å². The van der Waals surface area contributed by atoms with Crippen LogP contribution in [-0.4, -0.2) is 34.6 Å². The molecule has 0 aliphatic carbocycles. The number of amides is 1. The van der Waals surface area contributed by atoms with E-state index < -0.39 is 31.0 Å². The van der Waals surface area contributed by atoms with Crippen molar-refractivity contribution in [1.29, 1.82) is 0 Å². The quantitative estimate of drug-likeness (QED) is 0.869. The normalized spacial score (nSPS) is 21.9. The van der Waals surface area contributed by atoms with Crippen LogP contribution in [0.15, 0.2) is 16.7 Å². The number of nitrogens with zero attached hydrogens (tertiary/aromatic N) is 1. The van der Waals surface area contributed by atoms with E-state index in [1.165, 1.54) is 12.3 Å². The third-order valence-electron chi connectivity index (χ3n) is 2.64. The van der Waals surface area contributed by atoms with Crippen LogP contribution in [0.3, 0.4) is 0 Å². The van der Waals surface area contributed by atoms with Gasteiger partial charge in [-0.1, -0.05) is 0 Å². The summed E-state index contributed by atoms with van der Waals surface area (Å²) in [5.74, 6) is -3.73. The van der Waals surface area contributed by atoms with Crippen molar-refractivity contribution in [2.75, 3.05) is 11.9 Å². The van der Waals surface area contributed by atoms with Crippen LogP contribution < -0.4 is 5.32 Å². The van der Waals surface area contributed by atoms with Gasteiger partial charge >= 0.3 is 0 Å². The van der Waals surface area contributed by atoms with E-state index in [4.69, 9.17) is 4.74 Å². The highest BCUT2D eigenvalue weighted by Gasteiger charge is 2.38. The summed E-state index contributed by atoms with van der Waals surface area (Å²) in [5, 5.41) is 11.9. The Morgan fingerprint density at radius 1 is 1.63 bits per heavy atom. The van der Waals surface area contributed by atoms with Crippen LogP contribution in [0.4, 0.5) is 14.6 Å². The summed E-state index contributed by atoms with van der Waals surface area (Å²) in [6.07, 6.45) is -0.0314. The van der Waals surface area contributed by atoms with E-state index in [0.717, 1.165) is 0 Å². The second-order valence-corrected chi connectivity index (χ2v) is 5.12. The lowest BCUT2D eigenvalue weighted by molar-refractivity contribution is -0.158. The fraction of sp³-hybridized carbons (Fsp3) is 0.455. The van der Waals surface area contributed by atoms with Gasteiger partial charge in [-0.05, 0) is 28.4 Å². The number of hydrogen-bond acceptors (Lipinski definition) is 4. The number of pyridine rings is 1. The second kappa shape index (κ2) is 5.38. The summed E-state index contributed by atoms with van der Waals surface area (Å²) in [7, 11) is 0. The first-order valence-corrected chi connectivity index (χ1v) is 6.31. The van der Waals surface area contributed by atoms with Crippen molar-refractivity contribution in [3.63, 3.8) is 0 Å². The van der Waals surface area contributed by atoms with Gasteiger partial charge in [0.05, 0.1) is 0 Å². The fourth-order valence-electron chi connectivity index (χ4n) is 1.65. The lowest BCUT2D eigenvalue weighted by Gasteiger charge is -2.27. The molecule has 0 radical (unpaired) electrons. The van der Waals surface area contributed by atoms with Gasteiger partial charge in [0.25, 0.3) is 11.8 Å². The molecule has 0 spiro atoms. The molecule has 2 rings (SSSR count). The van der Waals surface area contributed by atoms with Crippen molar-refractivity contribution in [1.82, 2.24) is 4.98 Å². The first-order chi connectivity index (χ1) is 8.87. The highest BCUT2D eigenvalue weighted by molar-refractivity contribution is 9.10. The molecule has 104 valence electrons. The van der Waals surface area contributed by atoms with Crippen molar-refractivity contribution in [2.45, 2.75) is 24.9 Å². The standard InChI is InChI=1S/C11H11BrF2N2O3/c12-6-3-7(17)9(15-4-6)16-10(18)8-1-2-11(13,14)5-19-8/h3-4,8,17H,1-2,5H2,(H,15,16,18). The number of nitrogens with one attached hydrogen (secondary N) is 1. The molecule has 5 nitrogen and oxygen atoms in total. The van der Waals surface area contributed by atoms with Crippen LogP contribution in [-0.2, 0) is 9.53 Å². The molecule has 0 saturated carbocycles. The fourth-order valence-corrected chi connectivity index (χ4v) is 1.97. The molecule has 1 aliphatic rings. The Balaban J connectivity index is 1.98. The Morgan fingerprint density at radius 3 is 2.95 bits per heavy atom. The molecular weight excluding hydrogens is 326 g/mol. The van der Waals surface area contributed by atoms with Gasteiger partial charge in [0.15, 0.2) is 11.6 Å². The first kappa shape index (κ1) is 14.1. The maximum atomic E-state index is 12.9. The van der Waals surface area contributed by atoms with Gasteiger partial charge in [-0.2, -0.15) is 0 Å². The molecule has 2 N–H and O–H groups in total. The average molecular weight is 337 g/mol. The van der Waals surface area contributed by atoms with Crippen molar-refractivity contribution in [2.24, 2.45) is 0 Å². The smallest absolute Gasteiger partial charge is 0.271 e. The number of aromatic hydroxyl groups is 1. The van der Waals surface area contributed by atoms with Crippen molar-refractivity contribution < 1.29 is 23.4 Å². The van der Waals surface area contributed by atoms with E-state index in [-0.39, 0.29) is 18.0 Å². The molecule has 8 heteroatoms. The third kappa shape index (κ3) is 3.60. The number of hydrogen-bond donors (Lipinski definition) is 2. The summed E-state index contributed by atoms with van der Waals surface area (Å²) in [4.78, 5) is 15.6. The molecule has 1 fully saturated rings. The zero-order valence-electron chi connectivity index (χ0n) is 9.70. The Morgan fingerprint density at radius 2 is 2.37 bits per heavy atom. The van der Waals surface area contributed by atoms with Gasteiger partial charge in [-0.25, -0.2) is 13.8 Å². The SMILES string of the molecule is O=C(Nc1ncc(Br)cc1O)C1CCC(F)(F)CO1. The minimum atomic E-state index is -2.88. The Bertz CT molecular complexity index is 489. The molecule has 2 heterocycles. The van der Waals surface area contributed by atoms with Crippen molar-refractivity contribution >= 4 is 27.7 Å². The van der Waals surface area contributed by atoms with Gasteiger partial charge in [-0.3, -0.25) is 4.79 Å². The average Bonchev–Trinajstić information content (AvgIpc) is 2.32. The molecule has 1 atom stereocenters. The van der Waals surface area contributed by atoms with E-state index in [9.17, 15) is 18.7 Å². The third-order valence-corrected chi connectivity index (χ3v) is 3.07. The zero-order chi connectivity index (χ0) is 14.0. The highest BCUT2D eigenvalue weighted by Crippen LogP contribution is 2.29. The first-order valence-electron chi connectivity index (χ1n) is 5.52. The summed E-state index contributed by atoms with van der Waals surface area (Å²) >= 11 is 3.11.